The minimum Gasteiger partial charge on any atom is -0.385 e. The average Bonchev–Trinajstić information content (AvgIpc) is 2.73. The molecule has 1 aliphatic heterocycles. The second-order valence-corrected chi connectivity index (χ2v) is 7.73. The third kappa shape index (κ3) is 3.20. The van der Waals surface area contributed by atoms with Gasteiger partial charge in [0.2, 0.25) is 0 Å². The number of rotatable bonds is 3. The van der Waals surface area contributed by atoms with E-state index in [4.69, 9.17) is 0 Å². The Bertz CT molecular complexity index is 865. The number of piperidine rings is 1. The van der Waals surface area contributed by atoms with Gasteiger partial charge in [0.1, 0.15) is 0 Å². The molecule has 1 fully saturated rings. The van der Waals surface area contributed by atoms with E-state index in [1.807, 2.05) is 24.3 Å². The normalized spacial score (nSPS) is 28.8. The van der Waals surface area contributed by atoms with E-state index in [-0.39, 0.29) is 18.0 Å². The standard InChI is InChI=1S/C25H27NO/c1-19-24(21-14-8-4-9-15-21)26(2)23(20-12-6-3-7-13-20)18-25(19,27)22-16-10-5-11-17-22/h3-17,19,23-24,27H,18H2,1-2H3/t19-,23-,24-,25+/m0/s1. The van der Waals surface area contributed by atoms with E-state index in [0.29, 0.717) is 6.42 Å². The van der Waals surface area contributed by atoms with Gasteiger partial charge in [-0.1, -0.05) is 97.9 Å². The van der Waals surface area contributed by atoms with Gasteiger partial charge in [-0.2, -0.15) is 0 Å². The Balaban J connectivity index is 1.84. The molecular weight excluding hydrogens is 330 g/mol. The molecule has 4 atom stereocenters. The number of nitrogens with zero attached hydrogens (tertiary/aromatic N) is 1. The van der Waals surface area contributed by atoms with Crippen molar-refractivity contribution in [2.24, 2.45) is 5.92 Å². The molecular formula is C25H27NO. The Labute approximate surface area is 162 Å². The van der Waals surface area contributed by atoms with E-state index < -0.39 is 5.60 Å². The van der Waals surface area contributed by atoms with Crippen molar-refractivity contribution in [1.29, 1.82) is 0 Å². The highest BCUT2D eigenvalue weighted by Crippen LogP contribution is 2.52. The number of likely N-dealkylation sites (tertiary alicyclic amines) is 1. The monoisotopic (exact) mass is 357 g/mol. The van der Waals surface area contributed by atoms with Gasteiger partial charge in [-0.3, -0.25) is 4.90 Å². The summed E-state index contributed by atoms with van der Waals surface area (Å²) in [6.07, 6.45) is 0.683. The molecule has 27 heavy (non-hydrogen) atoms. The van der Waals surface area contributed by atoms with Gasteiger partial charge < -0.3 is 5.11 Å². The molecule has 0 aromatic heterocycles. The fraction of sp³-hybridized carbons (Fsp3) is 0.280. The predicted molar refractivity (Wildman–Crippen MR) is 110 cm³/mol. The molecule has 0 spiro atoms. The van der Waals surface area contributed by atoms with Crippen molar-refractivity contribution in [1.82, 2.24) is 4.90 Å². The highest BCUT2D eigenvalue weighted by molar-refractivity contribution is 5.32. The second kappa shape index (κ2) is 7.30. The SMILES string of the molecule is C[C@H]1[C@@H](c2ccccc2)N(C)[C@H](c2ccccc2)C[C@]1(O)c1ccccc1. The van der Waals surface area contributed by atoms with Crippen LogP contribution in [0.15, 0.2) is 91.0 Å². The summed E-state index contributed by atoms with van der Waals surface area (Å²) >= 11 is 0. The molecule has 3 aromatic carbocycles. The zero-order valence-electron chi connectivity index (χ0n) is 16.0. The van der Waals surface area contributed by atoms with Crippen LogP contribution in [0.4, 0.5) is 0 Å². The highest BCUT2D eigenvalue weighted by atomic mass is 16.3. The van der Waals surface area contributed by atoms with Gasteiger partial charge in [0, 0.05) is 24.4 Å². The molecule has 1 saturated heterocycles. The first-order chi connectivity index (χ1) is 13.1. The number of hydrogen-bond donors (Lipinski definition) is 1. The quantitative estimate of drug-likeness (QED) is 0.685. The lowest BCUT2D eigenvalue weighted by Gasteiger charge is -2.52. The molecule has 0 aliphatic carbocycles. The van der Waals surface area contributed by atoms with Crippen LogP contribution < -0.4 is 0 Å². The maximum atomic E-state index is 12.0. The minimum absolute atomic E-state index is 0.0623. The lowest BCUT2D eigenvalue weighted by Crippen LogP contribution is -2.50. The summed E-state index contributed by atoms with van der Waals surface area (Å²) in [5.74, 6) is 0.0623. The summed E-state index contributed by atoms with van der Waals surface area (Å²) < 4.78 is 0. The molecule has 2 heteroatoms. The van der Waals surface area contributed by atoms with Crippen LogP contribution in [0, 0.1) is 5.92 Å². The molecule has 4 rings (SSSR count). The van der Waals surface area contributed by atoms with Crippen molar-refractivity contribution < 1.29 is 5.11 Å². The van der Waals surface area contributed by atoms with Crippen molar-refractivity contribution in [3.05, 3.63) is 108 Å². The zero-order chi connectivity index (χ0) is 18.9. The molecule has 0 radical (unpaired) electrons. The van der Waals surface area contributed by atoms with Gasteiger partial charge >= 0.3 is 0 Å². The Morgan fingerprint density at radius 2 is 1.26 bits per heavy atom. The summed E-state index contributed by atoms with van der Waals surface area (Å²) in [6, 6.07) is 31.6. The first kappa shape index (κ1) is 18.0. The number of hydrogen-bond acceptors (Lipinski definition) is 2. The molecule has 0 saturated carbocycles. The Kier molecular flexibility index (Phi) is 4.86. The summed E-state index contributed by atoms with van der Waals surface area (Å²) in [5, 5.41) is 12.0. The van der Waals surface area contributed by atoms with E-state index in [1.54, 1.807) is 0 Å². The fourth-order valence-corrected chi connectivity index (χ4v) is 4.74. The molecule has 138 valence electrons. The molecule has 1 heterocycles. The van der Waals surface area contributed by atoms with Gasteiger partial charge in [-0.05, 0) is 23.7 Å². The van der Waals surface area contributed by atoms with E-state index in [9.17, 15) is 5.11 Å². The van der Waals surface area contributed by atoms with Gasteiger partial charge in [0.25, 0.3) is 0 Å². The number of benzene rings is 3. The van der Waals surface area contributed by atoms with Crippen LogP contribution >= 0.6 is 0 Å². The number of aliphatic hydroxyl groups is 1. The van der Waals surface area contributed by atoms with Crippen LogP contribution in [0.25, 0.3) is 0 Å². The Morgan fingerprint density at radius 3 is 1.81 bits per heavy atom. The lowest BCUT2D eigenvalue weighted by molar-refractivity contribution is -0.120. The van der Waals surface area contributed by atoms with E-state index in [0.717, 1.165) is 5.56 Å². The van der Waals surface area contributed by atoms with E-state index >= 15 is 0 Å². The van der Waals surface area contributed by atoms with Gasteiger partial charge in [-0.25, -0.2) is 0 Å². The molecule has 2 nitrogen and oxygen atoms in total. The summed E-state index contributed by atoms with van der Waals surface area (Å²) in [6.45, 7) is 2.18. The van der Waals surface area contributed by atoms with E-state index in [2.05, 4.69) is 85.6 Å². The smallest absolute Gasteiger partial charge is 0.0958 e. The van der Waals surface area contributed by atoms with Crippen molar-refractivity contribution in [2.75, 3.05) is 7.05 Å². The second-order valence-electron chi connectivity index (χ2n) is 7.73. The summed E-state index contributed by atoms with van der Waals surface area (Å²) in [7, 11) is 2.19. The molecule has 1 aliphatic rings. The average molecular weight is 357 g/mol. The van der Waals surface area contributed by atoms with Crippen LogP contribution in [0.5, 0.6) is 0 Å². The maximum Gasteiger partial charge on any atom is 0.0958 e. The predicted octanol–water partition coefficient (Wildman–Crippen LogP) is 5.33. The zero-order valence-corrected chi connectivity index (χ0v) is 16.0. The molecule has 1 N–H and O–H groups in total. The third-order valence-corrected chi connectivity index (χ3v) is 6.26. The third-order valence-electron chi connectivity index (χ3n) is 6.26. The van der Waals surface area contributed by atoms with Crippen LogP contribution in [0.1, 0.15) is 42.1 Å². The molecule has 0 bridgehead atoms. The Hall–Kier alpha value is -2.42. The van der Waals surface area contributed by atoms with Crippen molar-refractivity contribution >= 4 is 0 Å². The summed E-state index contributed by atoms with van der Waals surface area (Å²) in [5.41, 5.74) is 2.63. The van der Waals surface area contributed by atoms with Crippen LogP contribution in [-0.4, -0.2) is 17.1 Å². The first-order valence-electron chi connectivity index (χ1n) is 9.71. The molecule has 3 aromatic rings. The highest BCUT2D eigenvalue weighted by Gasteiger charge is 2.49. The summed E-state index contributed by atoms with van der Waals surface area (Å²) in [4.78, 5) is 2.44. The van der Waals surface area contributed by atoms with Crippen molar-refractivity contribution in [3.8, 4) is 0 Å². The fourth-order valence-electron chi connectivity index (χ4n) is 4.74. The van der Waals surface area contributed by atoms with E-state index in [1.165, 1.54) is 11.1 Å². The first-order valence-corrected chi connectivity index (χ1v) is 9.71. The molecule has 0 unspecified atom stereocenters. The van der Waals surface area contributed by atoms with Crippen molar-refractivity contribution in [2.45, 2.75) is 31.0 Å². The minimum atomic E-state index is -0.880. The van der Waals surface area contributed by atoms with Crippen LogP contribution in [-0.2, 0) is 5.60 Å². The topological polar surface area (TPSA) is 23.5 Å². The maximum absolute atomic E-state index is 12.0. The Morgan fingerprint density at radius 1 is 0.778 bits per heavy atom. The van der Waals surface area contributed by atoms with Crippen LogP contribution in [0.3, 0.4) is 0 Å². The van der Waals surface area contributed by atoms with Gasteiger partial charge in [0.15, 0.2) is 0 Å². The largest absolute Gasteiger partial charge is 0.385 e. The lowest BCUT2D eigenvalue weighted by atomic mass is 9.68. The molecule has 0 amide bonds. The van der Waals surface area contributed by atoms with Crippen LogP contribution in [0.2, 0.25) is 0 Å². The van der Waals surface area contributed by atoms with Crippen molar-refractivity contribution in [3.63, 3.8) is 0 Å². The van der Waals surface area contributed by atoms with Gasteiger partial charge in [-0.15, -0.1) is 0 Å². The van der Waals surface area contributed by atoms with Gasteiger partial charge in [0.05, 0.1) is 5.60 Å².